The fourth-order valence-electron chi connectivity index (χ4n) is 0.872. The molecule has 0 aliphatic rings. The van der Waals surface area contributed by atoms with Crippen LogP contribution in [0.15, 0.2) is 24.3 Å². The second-order valence-corrected chi connectivity index (χ2v) is 2.87. The standard InChI is InChI=1S/C9H8ClNO2/c10-8-3-1-7(2-4-8)9(13)5-11-6-12/h1-4,6H,5H2,(H,11,12). The highest BCUT2D eigenvalue weighted by Crippen LogP contribution is 2.09. The third-order valence-electron chi connectivity index (χ3n) is 1.51. The molecule has 68 valence electrons. The normalized spacial score (nSPS) is 9.31. The minimum absolute atomic E-state index is 0.0190. The van der Waals surface area contributed by atoms with Crippen molar-refractivity contribution in [1.29, 1.82) is 0 Å². The molecular formula is C9H8ClNO2. The maximum atomic E-state index is 11.3. The van der Waals surface area contributed by atoms with Crippen molar-refractivity contribution >= 4 is 23.8 Å². The molecule has 0 atom stereocenters. The lowest BCUT2D eigenvalue weighted by atomic mass is 10.1. The third-order valence-corrected chi connectivity index (χ3v) is 1.76. The Morgan fingerprint density at radius 2 is 2.00 bits per heavy atom. The van der Waals surface area contributed by atoms with Crippen LogP contribution in [-0.2, 0) is 4.79 Å². The number of ketones is 1. The van der Waals surface area contributed by atoms with Gasteiger partial charge in [-0.2, -0.15) is 0 Å². The molecule has 1 aromatic rings. The summed E-state index contributed by atoms with van der Waals surface area (Å²) in [6, 6.07) is 6.51. The minimum atomic E-state index is -0.135. The Kier molecular flexibility index (Phi) is 3.46. The first-order valence-corrected chi connectivity index (χ1v) is 4.07. The van der Waals surface area contributed by atoms with E-state index in [1.807, 2.05) is 0 Å². The Morgan fingerprint density at radius 1 is 1.38 bits per heavy atom. The van der Waals surface area contributed by atoms with Gasteiger partial charge in [-0.05, 0) is 24.3 Å². The molecule has 4 heteroatoms. The quantitative estimate of drug-likeness (QED) is 0.584. The summed E-state index contributed by atoms with van der Waals surface area (Å²) < 4.78 is 0. The van der Waals surface area contributed by atoms with Gasteiger partial charge in [-0.25, -0.2) is 0 Å². The lowest BCUT2D eigenvalue weighted by Gasteiger charge is -1.99. The minimum Gasteiger partial charge on any atom is -0.351 e. The first-order valence-electron chi connectivity index (χ1n) is 3.70. The van der Waals surface area contributed by atoms with Gasteiger partial charge in [0.05, 0.1) is 6.54 Å². The predicted octanol–water partition coefficient (Wildman–Crippen LogP) is 1.27. The molecule has 0 saturated carbocycles. The number of Topliss-reactive ketones (excluding diaryl/α,β-unsaturated/α-hetero) is 1. The van der Waals surface area contributed by atoms with E-state index in [-0.39, 0.29) is 12.3 Å². The Balaban J connectivity index is 2.66. The van der Waals surface area contributed by atoms with Crippen LogP contribution in [0.4, 0.5) is 0 Å². The van der Waals surface area contributed by atoms with Gasteiger partial charge < -0.3 is 5.32 Å². The van der Waals surface area contributed by atoms with Crippen molar-refractivity contribution in [2.75, 3.05) is 6.54 Å². The average molecular weight is 198 g/mol. The lowest BCUT2D eigenvalue weighted by Crippen LogP contribution is -2.21. The summed E-state index contributed by atoms with van der Waals surface area (Å²) in [5.74, 6) is -0.135. The molecule has 0 aliphatic carbocycles. The number of nitrogens with one attached hydrogen (secondary N) is 1. The molecule has 0 heterocycles. The van der Waals surface area contributed by atoms with Crippen molar-refractivity contribution in [2.24, 2.45) is 0 Å². The molecule has 1 amide bonds. The van der Waals surface area contributed by atoms with Gasteiger partial charge in [-0.15, -0.1) is 0 Å². The number of amides is 1. The molecule has 0 aromatic heterocycles. The summed E-state index contributed by atoms with van der Waals surface area (Å²) in [4.78, 5) is 21.2. The highest BCUT2D eigenvalue weighted by Gasteiger charge is 2.03. The van der Waals surface area contributed by atoms with Gasteiger partial charge in [0.15, 0.2) is 5.78 Å². The van der Waals surface area contributed by atoms with Gasteiger partial charge in [-0.3, -0.25) is 9.59 Å². The number of hydrogen-bond acceptors (Lipinski definition) is 2. The molecule has 0 unspecified atom stereocenters. The fraction of sp³-hybridized carbons (Fsp3) is 0.111. The summed E-state index contributed by atoms with van der Waals surface area (Å²) >= 11 is 5.64. The molecule has 3 nitrogen and oxygen atoms in total. The van der Waals surface area contributed by atoms with Crippen molar-refractivity contribution in [3.8, 4) is 0 Å². The largest absolute Gasteiger partial charge is 0.351 e. The Labute approximate surface area is 80.7 Å². The smallest absolute Gasteiger partial charge is 0.207 e. The Bertz CT molecular complexity index is 308. The van der Waals surface area contributed by atoms with Crippen LogP contribution in [0.3, 0.4) is 0 Å². The molecule has 1 rings (SSSR count). The number of rotatable bonds is 4. The van der Waals surface area contributed by atoms with Crippen LogP contribution in [0.5, 0.6) is 0 Å². The molecule has 0 radical (unpaired) electrons. The maximum Gasteiger partial charge on any atom is 0.207 e. The second kappa shape index (κ2) is 4.62. The zero-order valence-electron chi connectivity index (χ0n) is 6.79. The summed E-state index contributed by atoms with van der Waals surface area (Å²) in [6.07, 6.45) is 0.494. The summed E-state index contributed by atoms with van der Waals surface area (Å²) in [5.41, 5.74) is 0.541. The van der Waals surface area contributed by atoms with Crippen molar-refractivity contribution in [2.45, 2.75) is 0 Å². The van der Waals surface area contributed by atoms with Gasteiger partial charge in [0.1, 0.15) is 0 Å². The van der Waals surface area contributed by atoms with E-state index in [0.29, 0.717) is 17.0 Å². The van der Waals surface area contributed by atoms with Gasteiger partial charge in [-0.1, -0.05) is 11.6 Å². The van der Waals surface area contributed by atoms with Crippen molar-refractivity contribution in [1.82, 2.24) is 5.32 Å². The topological polar surface area (TPSA) is 46.2 Å². The molecule has 0 spiro atoms. The van der Waals surface area contributed by atoms with Gasteiger partial charge >= 0.3 is 0 Å². The van der Waals surface area contributed by atoms with Gasteiger partial charge in [0, 0.05) is 10.6 Å². The monoisotopic (exact) mass is 197 g/mol. The highest BCUT2D eigenvalue weighted by molar-refractivity contribution is 6.30. The molecular weight excluding hydrogens is 190 g/mol. The van der Waals surface area contributed by atoms with Crippen LogP contribution < -0.4 is 5.32 Å². The highest BCUT2D eigenvalue weighted by atomic mass is 35.5. The lowest BCUT2D eigenvalue weighted by molar-refractivity contribution is -0.109. The van der Waals surface area contributed by atoms with Crippen LogP contribution >= 0.6 is 11.6 Å². The van der Waals surface area contributed by atoms with E-state index >= 15 is 0 Å². The SMILES string of the molecule is O=CNCC(=O)c1ccc(Cl)cc1. The van der Waals surface area contributed by atoms with Crippen LogP contribution in [-0.4, -0.2) is 18.7 Å². The van der Waals surface area contributed by atoms with E-state index in [1.165, 1.54) is 0 Å². The molecule has 0 fully saturated rings. The van der Waals surface area contributed by atoms with Gasteiger partial charge in [0.25, 0.3) is 0 Å². The van der Waals surface area contributed by atoms with E-state index in [2.05, 4.69) is 5.32 Å². The Morgan fingerprint density at radius 3 is 2.54 bits per heavy atom. The zero-order valence-corrected chi connectivity index (χ0v) is 7.54. The third kappa shape index (κ3) is 2.87. The summed E-state index contributed by atoms with van der Waals surface area (Å²) in [7, 11) is 0. The Hall–Kier alpha value is -1.35. The number of benzene rings is 1. The molecule has 1 N–H and O–H groups in total. The predicted molar refractivity (Wildman–Crippen MR) is 49.8 cm³/mol. The number of carbonyl (C=O) groups excluding carboxylic acids is 2. The molecule has 0 bridgehead atoms. The maximum absolute atomic E-state index is 11.3. The van der Waals surface area contributed by atoms with E-state index < -0.39 is 0 Å². The van der Waals surface area contributed by atoms with Crippen molar-refractivity contribution in [3.63, 3.8) is 0 Å². The van der Waals surface area contributed by atoms with Crippen molar-refractivity contribution in [3.05, 3.63) is 34.9 Å². The van der Waals surface area contributed by atoms with E-state index in [9.17, 15) is 9.59 Å². The van der Waals surface area contributed by atoms with Gasteiger partial charge in [0.2, 0.25) is 6.41 Å². The number of carbonyl (C=O) groups is 2. The van der Waals surface area contributed by atoms with E-state index in [4.69, 9.17) is 11.6 Å². The second-order valence-electron chi connectivity index (χ2n) is 2.43. The zero-order chi connectivity index (χ0) is 9.68. The fourth-order valence-corrected chi connectivity index (χ4v) is 0.998. The van der Waals surface area contributed by atoms with E-state index in [0.717, 1.165) is 0 Å². The molecule has 0 saturated heterocycles. The first kappa shape index (κ1) is 9.74. The number of halogens is 1. The van der Waals surface area contributed by atoms with E-state index in [1.54, 1.807) is 24.3 Å². The summed E-state index contributed by atoms with van der Waals surface area (Å²) in [5, 5.41) is 2.88. The van der Waals surface area contributed by atoms with Crippen LogP contribution in [0, 0.1) is 0 Å². The van der Waals surface area contributed by atoms with Crippen molar-refractivity contribution < 1.29 is 9.59 Å². The summed E-state index contributed by atoms with van der Waals surface area (Å²) in [6.45, 7) is 0.0190. The molecule has 13 heavy (non-hydrogen) atoms. The van der Waals surface area contributed by atoms with Crippen LogP contribution in [0.2, 0.25) is 5.02 Å². The van der Waals surface area contributed by atoms with Crippen LogP contribution in [0.25, 0.3) is 0 Å². The van der Waals surface area contributed by atoms with Crippen LogP contribution in [0.1, 0.15) is 10.4 Å². The molecule has 0 aliphatic heterocycles. The first-order chi connectivity index (χ1) is 6.24. The number of hydrogen-bond donors (Lipinski definition) is 1. The average Bonchev–Trinajstić information content (AvgIpc) is 2.15. The molecule has 1 aromatic carbocycles.